The van der Waals surface area contributed by atoms with E-state index in [4.69, 9.17) is 9.47 Å². The number of ether oxygens (including phenoxy) is 2. The highest BCUT2D eigenvalue weighted by Crippen LogP contribution is 2.29. The molecule has 1 aliphatic carbocycles. The van der Waals surface area contributed by atoms with Gasteiger partial charge in [0.25, 0.3) is 0 Å². The van der Waals surface area contributed by atoms with Crippen LogP contribution in [0.15, 0.2) is 48.5 Å². The van der Waals surface area contributed by atoms with Crippen molar-refractivity contribution in [3.8, 4) is 11.5 Å². The molecule has 0 bridgehead atoms. The first-order chi connectivity index (χ1) is 12.2. The van der Waals surface area contributed by atoms with Crippen LogP contribution < -0.4 is 14.8 Å². The molecule has 0 radical (unpaired) electrons. The zero-order chi connectivity index (χ0) is 17.6. The van der Waals surface area contributed by atoms with E-state index in [-0.39, 0.29) is 11.9 Å². The third kappa shape index (κ3) is 4.02. The molecule has 0 aliphatic heterocycles. The number of methoxy groups -OCH3 is 2. The van der Waals surface area contributed by atoms with Crippen molar-refractivity contribution in [1.82, 2.24) is 5.32 Å². The fourth-order valence-electron chi connectivity index (χ4n) is 3.26. The summed E-state index contributed by atoms with van der Waals surface area (Å²) in [4.78, 5) is 12.4. The molecule has 1 amide bonds. The van der Waals surface area contributed by atoms with E-state index in [1.165, 1.54) is 11.1 Å². The van der Waals surface area contributed by atoms with Gasteiger partial charge in [-0.05, 0) is 54.7 Å². The van der Waals surface area contributed by atoms with Crippen LogP contribution in [-0.2, 0) is 11.2 Å². The van der Waals surface area contributed by atoms with Crippen molar-refractivity contribution < 1.29 is 14.3 Å². The largest absolute Gasteiger partial charge is 0.497 e. The van der Waals surface area contributed by atoms with E-state index in [9.17, 15) is 4.79 Å². The summed E-state index contributed by atoms with van der Waals surface area (Å²) < 4.78 is 10.6. The highest BCUT2D eigenvalue weighted by atomic mass is 16.5. The molecule has 2 aromatic carbocycles. The van der Waals surface area contributed by atoms with Crippen molar-refractivity contribution >= 4 is 12.0 Å². The van der Waals surface area contributed by atoms with Gasteiger partial charge in [-0.25, -0.2) is 0 Å². The number of hydrogen-bond acceptors (Lipinski definition) is 3. The van der Waals surface area contributed by atoms with Crippen LogP contribution in [0.5, 0.6) is 11.5 Å². The Balaban J connectivity index is 1.72. The van der Waals surface area contributed by atoms with Gasteiger partial charge in [-0.3, -0.25) is 4.79 Å². The molecule has 1 aliphatic rings. The highest BCUT2D eigenvalue weighted by Gasteiger charge is 2.20. The van der Waals surface area contributed by atoms with Crippen molar-refractivity contribution in [3.05, 3.63) is 65.2 Å². The van der Waals surface area contributed by atoms with E-state index in [1.54, 1.807) is 26.4 Å². The van der Waals surface area contributed by atoms with Gasteiger partial charge in [0, 0.05) is 11.6 Å². The maximum atomic E-state index is 12.4. The third-order valence-corrected chi connectivity index (χ3v) is 4.54. The van der Waals surface area contributed by atoms with Crippen LogP contribution in [0.3, 0.4) is 0 Å². The van der Waals surface area contributed by atoms with E-state index in [2.05, 4.69) is 23.5 Å². The molecule has 0 spiro atoms. The van der Waals surface area contributed by atoms with Gasteiger partial charge in [0.05, 0.1) is 20.3 Å². The second-order valence-electron chi connectivity index (χ2n) is 6.09. The second-order valence-corrected chi connectivity index (χ2v) is 6.09. The van der Waals surface area contributed by atoms with E-state index in [0.717, 1.165) is 30.6 Å². The van der Waals surface area contributed by atoms with E-state index < -0.39 is 0 Å². The van der Waals surface area contributed by atoms with Gasteiger partial charge in [0.1, 0.15) is 11.5 Å². The van der Waals surface area contributed by atoms with Gasteiger partial charge in [-0.1, -0.05) is 24.3 Å². The number of rotatable bonds is 5. The number of carbonyl (C=O) groups is 1. The van der Waals surface area contributed by atoms with E-state index >= 15 is 0 Å². The molecular formula is C21H23NO3. The summed E-state index contributed by atoms with van der Waals surface area (Å²) in [5.74, 6) is 1.32. The van der Waals surface area contributed by atoms with Gasteiger partial charge in [-0.2, -0.15) is 0 Å². The molecule has 4 nitrogen and oxygen atoms in total. The molecule has 2 aromatic rings. The minimum absolute atomic E-state index is 0.0781. The quantitative estimate of drug-likeness (QED) is 0.842. The number of nitrogens with one attached hydrogen (secondary N) is 1. The molecule has 4 heteroatoms. The third-order valence-electron chi connectivity index (χ3n) is 4.54. The fourth-order valence-corrected chi connectivity index (χ4v) is 3.26. The summed E-state index contributed by atoms with van der Waals surface area (Å²) in [5, 5.41) is 3.11. The molecule has 0 saturated heterocycles. The maximum Gasteiger partial charge on any atom is 0.244 e. The molecule has 0 fully saturated rings. The van der Waals surface area contributed by atoms with E-state index in [1.807, 2.05) is 24.3 Å². The number of amides is 1. The Kier molecular flexibility index (Phi) is 5.39. The van der Waals surface area contributed by atoms with Gasteiger partial charge in [0.15, 0.2) is 0 Å². The molecule has 1 N–H and O–H groups in total. The molecule has 0 unspecified atom stereocenters. The zero-order valence-electron chi connectivity index (χ0n) is 14.6. The number of fused-ring (bicyclic) bond motifs is 1. The summed E-state index contributed by atoms with van der Waals surface area (Å²) in [6.45, 7) is 0. The number of aryl methyl sites for hydroxylation is 1. The summed E-state index contributed by atoms with van der Waals surface area (Å²) >= 11 is 0. The Hall–Kier alpha value is -2.75. The topological polar surface area (TPSA) is 47.6 Å². The maximum absolute atomic E-state index is 12.4. The Morgan fingerprint density at radius 1 is 1.16 bits per heavy atom. The monoisotopic (exact) mass is 337 g/mol. The fraction of sp³-hybridized carbons (Fsp3) is 0.286. The van der Waals surface area contributed by atoms with Crippen LogP contribution in [-0.4, -0.2) is 20.1 Å². The first-order valence-electron chi connectivity index (χ1n) is 8.49. The Labute approximate surface area is 148 Å². The summed E-state index contributed by atoms with van der Waals surface area (Å²) in [7, 11) is 3.22. The van der Waals surface area contributed by atoms with E-state index in [0.29, 0.717) is 5.75 Å². The van der Waals surface area contributed by atoms with Crippen LogP contribution in [0.2, 0.25) is 0 Å². The first kappa shape index (κ1) is 17.1. The summed E-state index contributed by atoms with van der Waals surface area (Å²) in [6, 6.07) is 13.9. The molecule has 0 saturated carbocycles. The molecular weight excluding hydrogens is 314 g/mol. The Bertz CT molecular complexity index is 782. The lowest BCUT2D eigenvalue weighted by Crippen LogP contribution is -2.29. The molecule has 3 rings (SSSR count). The van der Waals surface area contributed by atoms with Gasteiger partial charge < -0.3 is 14.8 Å². The highest BCUT2D eigenvalue weighted by molar-refractivity contribution is 5.92. The van der Waals surface area contributed by atoms with Crippen LogP contribution >= 0.6 is 0 Å². The Morgan fingerprint density at radius 3 is 2.80 bits per heavy atom. The summed E-state index contributed by atoms with van der Waals surface area (Å²) in [6.07, 6.45) is 6.45. The molecule has 1 atom stereocenters. The molecule has 130 valence electrons. The van der Waals surface area contributed by atoms with Crippen LogP contribution in [0.1, 0.15) is 35.6 Å². The molecule has 0 heterocycles. The predicted molar refractivity (Wildman–Crippen MR) is 98.8 cm³/mol. The SMILES string of the molecule is COc1ccc(OC)c(/C=C/C(=O)N[C@@H]2CCCc3ccccc32)c1. The predicted octanol–water partition coefficient (Wildman–Crippen LogP) is 3.91. The van der Waals surface area contributed by atoms with Gasteiger partial charge >= 0.3 is 0 Å². The number of carbonyl (C=O) groups excluding carboxylic acids is 1. The lowest BCUT2D eigenvalue weighted by Gasteiger charge is -2.25. The minimum atomic E-state index is -0.105. The van der Waals surface area contributed by atoms with Crippen LogP contribution in [0.4, 0.5) is 0 Å². The standard InChI is InChI=1S/C21H23NO3/c1-24-17-11-12-20(25-2)16(14-17)10-13-21(23)22-19-9-5-7-15-6-3-4-8-18(15)19/h3-4,6,8,10-14,19H,5,7,9H2,1-2H3,(H,22,23)/b13-10+/t19-/m1/s1. The minimum Gasteiger partial charge on any atom is -0.497 e. The van der Waals surface area contributed by atoms with Gasteiger partial charge in [0.2, 0.25) is 5.91 Å². The molecule has 0 aromatic heterocycles. The Morgan fingerprint density at radius 2 is 2.00 bits per heavy atom. The van der Waals surface area contributed by atoms with Crippen LogP contribution in [0, 0.1) is 0 Å². The van der Waals surface area contributed by atoms with Crippen LogP contribution in [0.25, 0.3) is 6.08 Å². The molecule has 25 heavy (non-hydrogen) atoms. The second kappa shape index (κ2) is 7.88. The lowest BCUT2D eigenvalue weighted by molar-refractivity contribution is -0.117. The first-order valence-corrected chi connectivity index (χ1v) is 8.49. The summed E-state index contributed by atoms with van der Waals surface area (Å²) in [5.41, 5.74) is 3.37. The van der Waals surface area contributed by atoms with Crippen molar-refractivity contribution in [3.63, 3.8) is 0 Å². The number of hydrogen-bond donors (Lipinski definition) is 1. The average Bonchev–Trinajstić information content (AvgIpc) is 2.66. The van der Waals surface area contributed by atoms with Crippen molar-refractivity contribution in [2.24, 2.45) is 0 Å². The lowest BCUT2D eigenvalue weighted by atomic mass is 9.88. The van der Waals surface area contributed by atoms with Crippen molar-refractivity contribution in [2.45, 2.75) is 25.3 Å². The van der Waals surface area contributed by atoms with Crippen molar-refractivity contribution in [2.75, 3.05) is 14.2 Å². The smallest absolute Gasteiger partial charge is 0.244 e. The van der Waals surface area contributed by atoms with Crippen molar-refractivity contribution in [1.29, 1.82) is 0 Å². The van der Waals surface area contributed by atoms with Gasteiger partial charge in [-0.15, -0.1) is 0 Å². The normalized spacial score (nSPS) is 16.3. The number of benzene rings is 2. The average molecular weight is 337 g/mol. The zero-order valence-corrected chi connectivity index (χ0v) is 14.6.